The number of hydroxylamine groups is 1. The van der Waals surface area contributed by atoms with Crippen molar-refractivity contribution in [2.45, 2.75) is 39.2 Å². The summed E-state index contributed by atoms with van der Waals surface area (Å²) in [5.74, 6) is -0.244. The summed E-state index contributed by atoms with van der Waals surface area (Å²) in [6, 6.07) is -0.692. The number of carbonyl (C=O) groups is 2. The number of Topliss-reactive ketones (excluding diaryl/α,β-unsaturated/α-hetero) is 1. The van der Waals surface area contributed by atoms with Crippen molar-refractivity contribution in [2.75, 3.05) is 6.54 Å². The van der Waals surface area contributed by atoms with Crippen LogP contribution in [0.25, 0.3) is 0 Å². The van der Waals surface area contributed by atoms with Crippen LogP contribution in [-0.2, 0) is 4.79 Å². The van der Waals surface area contributed by atoms with Crippen LogP contribution in [0.4, 0.5) is 4.79 Å². The van der Waals surface area contributed by atoms with Gasteiger partial charge in [0.2, 0.25) is 0 Å². The topological polar surface area (TPSA) is 98.7 Å². The molecule has 0 radical (unpaired) electrons. The molecule has 6 nitrogen and oxygen atoms in total. The minimum absolute atomic E-state index is 0.219. The molecule has 0 heterocycles. The maximum absolute atomic E-state index is 12.7. The fraction of sp³-hybridized carbons (Fsp3) is 0.500. The number of aliphatic hydroxyl groups is 1. The van der Waals surface area contributed by atoms with Crippen LogP contribution >= 0.6 is 0 Å². The molecule has 1 spiro atoms. The Hall–Kier alpha value is -1.92. The van der Waals surface area contributed by atoms with Gasteiger partial charge in [0.15, 0.2) is 5.78 Å². The number of carbonyl (C=O) groups excluding carboxylic acids is 2. The fourth-order valence-electron chi connectivity index (χ4n) is 3.85. The number of rotatable bonds is 2. The number of hydrogen-bond acceptors (Lipinski definition) is 4. The van der Waals surface area contributed by atoms with E-state index in [9.17, 15) is 14.7 Å². The van der Waals surface area contributed by atoms with Crippen molar-refractivity contribution in [1.82, 2.24) is 10.8 Å². The summed E-state index contributed by atoms with van der Waals surface area (Å²) in [5, 5.41) is 21.8. The predicted molar refractivity (Wildman–Crippen MR) is 79.1 cm³/mol. The number of allylic oxidation sites excluding steroid dienone is 2. The van der Waals surface area contributed by atoms with Crippen LogP contribution in [0.5, 0.6) is 0 Å². The molecule has 0 aromatic carbocycles. The Morgan fingerprint density at radius 3 is 2.55 bits per heavy atom. The summed E-state index contributed by atoms with van der Waals surface area (Å²) in [4.78, 5) is 23.9. The third-order valence-electron chi connectivity index (χ3n) is 5.40. The van der Waals surface area contributed by atoms with Crippen molar-refractivity contribution in [2.24, 2.45) is 5.41 Å². The van der Waals surface area contributed by atoms with E-state index in [1.165, 1.54) is 5.48 Å². The highest BCUT2D eigenvalue weighted by molar-refractivity contribution is 6.10. The van der Waals surface area contributed by atoms with Gasteiger partial charge in [-0.1, -0.05) is 5.57 Å². The average molecular weight is 304 g/mol. The Labute approximate surface area is 128 Å². The molecule has 0 saturated heterocycles. The fourth-order valence-corrected chi connectivity index (χ4v) is 3.85. The predicted octanol–water partition coefficient (Wildman–Crippen LogP) is 1.36. The lowest BCUT2D eigenvalue weighted by Gasteiger charge is -2.39. The molecule has 1 fully saturated rings. The highest BCUT2D eigenvalue weighted by Gasteiger charge is 2.64. The quantitative estimate of drug-likeness (QED) is 0.457. The van der Waals surface area contributed by atoms with Crippen LogP contribution in [0.1, 0.15) is 33.6 Å². The number of urea groups is 1. The minimum Gasteiger partial charge on any atom is -0.381 e. The molecule has 1 atom stereocenters. The first-order valence-electron chi connectivity index (χ1n) is 7.35. The molecule has 118 valence electrons. The van der Waals surface area contributed by atoms with Crippen LogP contribution in [-0.4, -0.2) is 34.3 Å². The van der Waals surface area contributed by atoms with Gasteiger partial charge in [-0.2, -0.15) is 0 Å². The van der Waals surface area contributed by atoms with Crippen molar-refractivity contribution in [3.8, 4) is 0 Å². The first-order valence-corrected chi connectivity index (χ1v) is 7.35. The van der Waals surface area contributed by atoms with E-state index in [4.69, 9.17) is 5.21 Å². The van der Waals surface area contributed by atoms with Crippen LogP contribution in [0, 0.1) is 5.41 Å². The molecule has 3 aliphatic carbocycles. The molecule has 0 aliphatic heterocycles. The molecule has 6 heteroatoms. The number of hydrogen-bond donors (Lipinski definition) is 4. The molecule has 0 aromatic rings. The van der Waals surface area contributed by atoms with E-state index in [1.54, 1.807) is 13.0 Å². The number of fused-ring (bicyclic) bond motifs is 1. The highest BCUT2D eigenvalue weighted by Crippen LogP contribution is 2.64. The third-order valence-corrected chi connectivity index (χ3v) is 5.40. The molecule has 0 bridgehead atoms. The third kappa shape index (κ3) is 1.74. The number of amides is 2. The van der Waals surface area contributed by atoms with Crippen molar-refractivity contribution in [1.29, 1.82) is 0 Å². The van der Waals surface area contributed by atoms with Crippen LogP contribution in [0.2, 0.25) is 0 Å². The molecule has 3 rings (SSSR count). The van der Waals surface area contributed by atoms with Crippen molar-refractivity contribution < 1.29 is 19.9 Å². The summed E-state index contributed by atoms with van der Waals surface area (Å²) in [6.45, 7) is 5.66. The van der Waals surface area contributed by atoms with Crippen LogP contribution in [0.3, 0.4) is 0 Å². The van der Waals surface area contributed by atoms with Gasteiger partial charge in [0.25, 0.3) is 0 Å². The molecule has 1 saturated carbocycles. The van der Waals surface area contributed by atoms with E-state index < -0.39 is 17.0 Å². The molecule has 0 unspecified atom stereocenters. The van der Waals surface area contributed by atoms with Gasteiger partial charge >= 0.3 is 6.03 Å². The lowest BCUT2D eigenvalue weighted by Crippen LogP contribution is -2.49. The highest BCUT2D eigenvalue weighted by atomic mass is 16.5. The zero-order chi connectivity index (χ0) is 16.3. The normalized spacial score (nSPS) is 28.8. The Balaban J connectivity index is 2.03. The average Bonchev–Trinajstić information content (AvgIpc) is 3.22. The second kappa shape index (κ2) is 4.54. The van der Waals surface area contributed by atoms with Crippen molar-refractivity contribution in [3.63, 3.8) is 0 Å². The minimum atomic E-state index is -1.36. The van der Waals surface area contributed by atoms with E-state index in [2.05, 4.69) is 5.32 Å². The van der Waals surface area contributed by atoms with Gasteiger partial charge in [0, 0.05) is 17.5 Å². The second-order valence-electron chi connectivity index (χ2n) is 6.50. The molecule has 22 heavy (non-hydrogen) atoms. The summed E-state index contributed by atoms with van der Waals surface area (Å²) < 4.78 is 0. The zero-order valence-electron chi connectivity index (χ0n) is 12.9. The van der Waals surface area contributed by atoms with Gasteiger partial charge < -0.3 is 10.4 Å². The maximum atomic E-state index is 12.7. The summed E-state index contributed by atoms with van der Waals surface area (Å²) in [5.41, 5.74) is 3.85. The smallest absolute Gasteiger partial charge is 0.338 e. The van der Waals surface area contributed by atoms with E-state index in [1.807, 2.05) is 13.8 Å². The Morgan fingerprint density at radius 2 is 2.00 bits per heavy atom. The van der Waals surface area contributed by atoms with Gasteiger partial charge in [0.1, 0.15) is 5.60 Å². The lowest BCUT2D eigenvalue weighted by molar-refractivity contribution is -0.137. The molecular formula is C16H20N2O4. The monoisotopic (exact) mass is 304 g/mol. The summed E-state index contributed by atoms with van der Waals surface area (Å²) in [6.07, 6.45) is 3.37. The Morgan fingerprint density at radius 1 is 1.36 bits per heavy atom. The van der Waals surface area contributed by atoms with E-state index >= 15 is 0 Å². The summed E-state index contributed by atoms with van der Waals surface area (Å²) in [7, 11) is 0. The largest absolute Gasteiger partial charge is 0.381 e. The van der Waals surface area contributed by atoms with Gasteiger partial charge in [0.05, 0.1) is 0 Å². The first-order chi connectivity index (χ1) is 10.3. The molecule has 3 aliphatic rings. The molecule has 2 amide bonds. The van der Waals surface area contributed by atoms with Crippen LogP contribution < -0.4 is 10.8 Å². The molecular weight excluding hydrogens is 284 g/mol. The van der Waals surface area contributed by atoms with Crippen molar-refractivity contribution >= 4 is 11.8 Å². The van der Waals surface area contributed by atoms with Gasteiger partial charge in [-0.3, -0.25) is 10.0 Å². The van der Waals surface area contributed by atoms with Gasteiger partial charge in [-0.05, 0) is 56.4 Å². The van der Waals surface area contributed by atoms with E-state index in [0.717, 1.165) is 35.1 Å². The molecule has 0 aromatic heterocycles. The van der Waals surface area contributed by atoms with E-state index in [-0.39, 0.29) is 12.3 Å². The number of ketones is 1. The first kappa shape index (κ1) is 15.0. The molecule has 4 N–H and O–H groups in total. The van der Waals surface area contributed by atoms with Gasteiger partial charge in [-0.15, -0.1) is 0 Å². The van der Waals surface area contributed by atoms with Gasteiger partial charge in [-0.25, -0.2) is 10.3 Å². The number of nitrogens with one attached hydrogen (secondary N) is 2. The second-order valence-corrected chi connectivity index (χ2v) is 6.50. The van der Waals surface area contributed by atoms with Crippen LogP contribution in [0.15, 0.2) is 33.9 Å². The SMILES string of the molecule is CC1=C(CNC(=O)NO)C2=C(C)C3(CC3)[C@@](C)(O)C(=O)C2=C1. The van der Waals surface area contributed by atoms with Crippen molar-refractivity contribution in [3.05, 3.63) is 33.9 Å². The summed E-state index contributed by atoms with van der Waals surface area (Å²) >= 11 is 0. The zero-order valence-corrected chi connectivity index (χ0v) is 12.9. The Bertz CT molecular complexity index is 678. The maximum Gasteiger partial charge on any atom is 0.338 e. The lowest BCUT2D eigenvalue weighted by atomic mass is 9.67. The van der Waals surface area contributed by atoms with E-state index in [0.29, 0.717) is 5.57 Å². The standard InChI is InChI=1S/C16H20N2O4/c1-8-6-10-12(11(8)7-17-14(20)18-22)9(2)16(4-5-16)15(3,21)13(10)19/h6,21-22H,4-5,7H2,1-3H3,(H2,17,18,20)/t15-/m0/s1. The Kier molecular flexibility index (Phi) is 3.09.